The van der Waals surface area contributed by atoms with E-state index in [1.165, 1.54) is 0 Å². The number of aromatic nitrogens is 3. The summed E-state index contributed by atoms with van der Waals surface area (Å²) < 4.78 is 5.86. The zero-order valence-electron chi connectivity index (χ0n) is 14.2. The van der Waals surface area contributed by atoms with Gasteiger partial charge in [-0.15, -0.1) is 5.69 Å². The minimum absolute atomic E-state index is 0. The van der Waals surface area contributed by atoms with E-state index in [0.717, 1.165) is 28.1 Å². The predicted octanol–water partition coefficient (Wildman–Crippen LogP) is 5.49. The Labute approximate surface area is 186 Å². The van der Waals surface area contributed by atoms with Crippen LogP contribution in [-0.2, 0) is 0 Å². The Morgan fingerprint density at radius 3 is 2.54 bits per heavy atom. The fourth-order valence-corrected chi connectivity index (χ4v) is 2.57. The summed E-state index contributed by atoms with van der Waals surface area (Å²) in [4.78, 5) is 4.56. The summed E-state index contributed by atoms with van der Waals surface area (Å²) in [5, 5.41) is 11.4. The van der Waals surface area contributed by atoms with E-state index >= 15 is 0 Å². The topological polar surface area (TPSA) is 86.6 Å². The van der Waals surface area contributed by atoms with E-state index < -0.39 is 0 Å². The van der Waals surface area contributed by atoms with Gasteiger partial charge in [0.15, 0.2) is 5.82 Å². The van der Waals surface area contributed by atoms with Gasteiger partial charge in [0.25, 0.3) is 0 Å². The van der Waals surface area contributed by atoms with Crippen LogP contribution in [0.1, 0.15) is 5.69 Å². The summed E-state index contributed by atoms with van der Waals surface area (Å²) in [6.45, 7) is 1.95. The first-order valence-corrected chi connectivity index (χ1v) is 7.86. The van der Waals surface area contributed by atoms with Crippen molar-refractivity contribution in [3.8, 4) is 11.6 Å². The van der Waals surface area contributed by atoms with Gasteiger partial charge in [0.1, 0.15) is 5.75 Å². The Morgan fingerprint density at radius 2 is 1.81 bits per heavy atom. The Morgan fingerprint density at radius 1 is 1.04 bits per heavy atom. The number of H-pyrrole nitrogens is 1. The number of rotatable bonds is 4. The van der Waals surface area contributed by atoms with Crippen LogP contribution in [0.15, 0.2) is 60.7 Å². The molecule has 4 aromatic rings. The van der Waals surface area contributed by atoms with Crippen molar-refractivity contribution in [1.29, 1.82) is 0 Å². The molecule has 3 N–H and O–H groups in total. The Bertz CT molecular complexity index is 1030. The normalized spacial score (nSPS) is 10.3. The Kier molecular flexibility index (Phi) is 5.80. The molecule has 1 radical (unpaired) electrons. The molecule has 0 unspecified atom stereocenters. The average molecular weight is 557 g/mol. The summed E-state index contributed by atoms with van der Waals surface area (Å²) in [7, 11) is 0. The summed E-state index contributed by atoms with van der Waals surface area (Å²) in [5.74, 6) is 1.85. The van der Waals surface area contributed by atoms with Crippen molar-refractivity contribution >= 4 is 28.1 Å². The SMILES string of the molecule is Cc1cc(Nc2cc(Oc3ccc([NH-])cc3)nc3ccccc23)n[nH]1.[Ac]. The molecule has 0 saturated carbocycles. The van der Waals surface area contributed by atoms with Crippen molar-refractivity contribution < 1.29 is 48.8 Å². The molecule has 2 aromatic carbocycles. The van der Waals surface area contributed by atoms with E-state index in [9.17, 15) is 0 Å². The summed E-state index contributed by atoms with van der Waals surface area (Å²) >= 11 is 0. The number of hydrogen-bond acceptors (Lipinski definition) is 4. The second kappa shape index (κ2) is 8.07. The number of para-hydroxylation sites is 1. The maximum atomic E-state index is 7.55. The molecule has 0 spiro atoms. The van der Waals surface area contributed by atoms with Gasteiger partial charge in [-0.3, -0.25) is 5.10 Å². The van der Waals surface area contributed by atoms with E-state index in [1.807, 2.05) is 43.3 Å². The number of hydrogen-bond donors (Lipinski definition) is 2. The minimum atomic E-state index is 0. The largest absolute Gasteiger partial charge is 0.699 e. The monoisotopic (exact) mass is 557 g/mol. The molecule has 6 nitrogen and oxygen atoms in total. The standard InChI is InChI=1S/C19H16N5O.Ac/c1-12-10-18(24-23-12)21-17-11-19(22-16-5-3-2-4-15(16)17)25-14-8-6-13(20)7-9-14;/h2-11,20H,1H3,(H2,21,22,23,24);/q-1;. The number of anilines is 2. The fraction of sp³-hybridized carbons (Fsp3) is 0.0526. The van der Waals surface area contributed by atoms with Gasteiger partial charge in [-0.1, -0.05) is 30.3 Å². The van der Waals surface area contributed by atoms with Gasteiger partial charge < -0.3 is 15.8 Å². The zero-order valence-corrected chi connectivity index (χ0v) is 18.9. The third-order valence-corrected chi connectivity index (χ3v) is 3.74. The van der Waals surface area contributed by atoms with Gasteiger partial charge in [0, 0.05) is 67.3 Å². The van der Waals surface area contributed by atoms with Gasteiger partial charge >= 0.3 is 0 Å². The van der Waals surface area contributed by atoms with E-state index in [0.29, 0.717) is 17.3 Å². The van der Waals surface area contributed by atoms with Gasteiger partial charge in [0.2, 0.25) is 5.88 Å². The van der Waals surface area contributed by atoms with E-state index in [4.69, 9.17) is 10.5 Å². The fourth-order valence-electron chi connectivity index (χ4n) is 2.57. The molecule has 127 valence electrons. The summed E-state index contributed by atoms with van der Waals surface area (Å²) in [5.41, 5.74) is 10.7. The number of benzene rings is 2. The van der Waals surface area contributed by atoms with Crippen LogP contribution in [-0.4, -0.2) is 15.2 Å². The molecule has 26 heavy (non-hydrogen) atoms. The molecule has 7 heteroatoms. The van der Waals surface area contributed by atoms with Gasteiger partial charge in [0.05, 0.1) is 11.2 Å². The minimum Gasteiger partial charge on any atom is -0.699 e. The molecule has 0 saturated heterocycles. The van der Waals surface area contributed by atoms with E-state index in [2.05, 4.69) is 20.5 Å². The molecule has 0 aliphatic rings. The average Bonchev–Trinajstić information content (AvgIpc) is 3.02. The van der Waals surface area contributed by atoms with Crippen LogP contribution < -0.4 is 10.1 Å². The molecule has 0 aliphatic carbocycles. The number of aryl methyl sites for hydroxylation is 1. The molecular weight excluding hydrogens is 541 g/mol. The maximum absolute atomic E-state index is 7.55. The Balaban J connectivity index is 0.00000196. The maximum Gasteiger partial charge on any atom is 0.221 e. The van der Waals surface area contributed by atoms with Crippen LogP contribution >= 0.6 is 0 Å². The molecule has 0 atom stereocenters. The van der Waals surface area contributed by atoms with E-state index in [-0.39, 0.29) is 44.1 Å². The molecule has 4 rings (SSSR count). The van der Waals surface area contributed by atoms with Crippen molar-refractivity contribution in [3.05, 3.63) is 72.1 Å². The third-order valence-electron chi connectivity index (χ3n) is 3.74. The molecule has 0 amide bonds. The second-order valence-electron chi connectivity index (χ2n) is 5.71. The molecule has 2 aromatic heterocycles. The first-order valence-electron chi connectivity index (χ1n) is 7.86. The van der Waals surface area contributed by atoms with Crippen LogP contribution in [0.3, 0.4) is 0 Å². The Hall–Kier alpha value is -2.10. The summed E-state index contributed by atoms with van der Waals surface area (Å²) in [6.07, 6.45) is 0. The molecular formula is C19H16AcN5O-. The molecule has 0 bridgehead atoms. The van der Waals surface area contributed by atoms with Crippen molar-refractivity contribution in [2.45, 2.75) is 6.92 Å². The van der Waals surface area contributed by atoms with Crippen molar-refractivity contribution in [2.24, 2.45) is 0 Å². The number of aromatic amines is 1. The first-order chi connectivity index (χ1) is 12.2. The van der Waals surface area contributed by atoms with Gasteiger partial charge in [-0.05, 0) is 25.1 Å². The summed E-state index contributed by atoms with van der Waals surface area (Å²) in [6, 6.07) is 18.5. The van der Waals surface area contributed by atoms with Crippen molar-refractivity contribution in [3.63, 3.8) is 0 Å². The molecule has 0 aliphatic heterocycles. The van der Waals surface area contributed by atoms with Gasteiger partial charge in [-0.25, -0.2) is 4.98 Å². The van der Waals surface area contributed by atoms with Crippen LogP contribution in [0.4, 0.5) is 17.2 Å². The second-order valence-corrected chi connectivity index (χ2v) is 5.71. The van der Waals surface area contributed by atoms with Crippen LogP contribution in [0.5, 0.6) is 11.6 Å². The predicted molar refractivity (Wildman–Crippen MR) is 98.8 cm³/mol. The number of pyridine rings is 1. The van der Waals surface area contributed by atoms with Crippen LogP contribution in [0, 0.1) is 51.0 Å². The molecule has 2 heterocycles. The first kappa shape index (κ1) is 18.7. The quantitative estimate of drug-likeness (QED) is 0.348. The van der Waals surface area contributed by atoms with Crippen LogP contribution in [0.25, 0.3) is 16.6 Å². The zero-order chi connectivity index (χ0) is 17.2. The number of fused-ring (bicyclic) bond motifs is 1. The van der Waals surface area contributed by atoms with Crippen molar-refractivity contribution in [2.75, 3.05) is 5.32 Å². The number of nitrogens with one attached hydrogen (secondary N) is 3. The van der Waals surface area contributed by atoms with Gasteiger partial charge in [-0.2, -0.15) is 5.10 Å². The van der Waals surface area contributed by atoms with Crippen molar-refractivity contribution in [1.82, 2.24) is 15.2 Å². The smallest absolute Gasteiger partial charge is 0.221 e. The number of nitrogens with zero attached hydrogens (tertiary/aromatic N) is 2. The van der Waals surface area contributed by atoms with Crippen LogP contribution in [0.2, 0.25) is 0 Å². The third kappa shape index (κ3) is 4.17. The van der Waals surface area contributed by atoms with E-state index in [1.54, 1.807) is 24.3 Å². The number of ether oxygens (including phenoxy) is 1. The molecule has 0 fully saturated rings.